The van der Waals surface area contributed by atoms with Crippen LogP contribution in [0.4, 0.5) is 0 Å². The van der Waals surface area contributed by atoms with E-state index in [1.807, 2.05) is 40.7 Å². The molecule has 1 aliphatic rings. The molecular weight excluding hydrogens is 228 g/mol. The molecular formula is C15H24O3. The summed E-state index contributed by atoms with van der Waals surface area (Å²) in [5.74, 6) is -0.0326. The second kappa shape index (κ2) is 5.25. The molecule has 1 aliphatic carbocycles. The Morgan fingerprint density at radius 2 is 1.89 bits per heavy atom. The Labute approximate surface area is 110 Å². The van der Waals surface area contributed by atoms with Crippen LogP contribution in [0, 0.1) is 17.3 Å². The Hall–Kier alpha value is -1.12. The summed E-state index contributed by atoms with van der Waals surface area (Å²) < 4.78 is 5.26. The predicted molar refractivity (Wildman–Crippen MR) is 71.0 cm³/mol. The molecule has 1 rings (SSSR count). The summed E-state index contributed by atoms with van der Waals surface area (Å²) in [6, 6.07) is 0. The summed E-state index contributed by atoms with van der Waals surface area (Å²) in [4.78, 5) is 23.4. The molecule has 0 spiro atoms. The molecule has 2 unspecified atom stereocenters. The number of ketones is 1. The molecule has 3 nitrogen and oxygen atoms in total. The van der Waals surface area contributed by atoms with Crippen LogP contribution in [0.5, 0.6) is 0 Å². The van der Waals surface area contributed by atoms with Gasteiger partial charge in [-0.05, 0) is 44.1 Å². The fourth-order valence-corrected chi connectivity index (χ4v) is 2.45. The lowest BCUT2D eigenvalue weighted by atomic mass is 10.0. The molecule has 0 aromatic heterocycles. The first-order valence-electron chi connectivity index (χ1n) is 6.63. The van der Waals surface area contributed by atoms with Crippen LogP contribution in [0.15, 0.2) is 11.6 Å². The molecule has 1 fully saturated rings. The van der Waals surface area contributed by atoms with Crippen LogP contribution in [0.3, 0.4) is 0 Å². The lowest BCUT2D eigenvalue weighted by molar-refractivity contribution is -0.150. The fourth-order valence-electron chi connectivity index (χ4n) is 2.45. The van der Waals surface area contributed by atoms with Crippen molar-refractivity contribution >= 4 is 11.8 Å². The predicted octanol–water partition coefficient (Wildman–Crippen LogP) is 3.14. The molecule has 0 radical (unpaired) electrons. The highest BCUT2D eigenvalue weighted by Gasteiger charge is 2.61. The van der Waals surface area contributed by atoms with Crippen molar-refractivity contribution in [1.82, 2.24) is 0 Å². The topological polar surface area (TPSA) is 43.4 Å². The van der Waals surface area contributed by atoms with Crippen LogP contribution in [-0.4, -0.2) is 17.9 Å². The molecule has 18 heavy (non-hydrogen) atoms. The van der Waals surface area contributed by atoms with Gasteiger partial charge in [0.05, 0.1) is 12.0 Å². The van der Waals surface area contributed by atoms with Crippen LogP contribution in [0.1, 0.15) is 48.0 Å². The maximum absolute atomic E-state index is 11.9. The zero-order valence-corrected chi connectivity index (χ0v) is 12.2. The Morgan fingerprint density at radius 1 is 1.33 bits per heavy atom. The Bertz CT molecular complexity index is 377. The van der Waals surface area contributed by atoms with E-state index in [1.54, 1.807) is 6.92 Å². The van der Waals surface area contributed by atoms with Crippen molar-refractivity contribution in [3.63, 3.8) is 0 Å². The van der Waals surface area contributed by atoms with E-state index in [0.29, 0.717) is 6.42 Å². The lowest BCUT2D eigenvalue weighted by Gasteiger charge is -2.08. The van der Waals surface area contributed by atoms with Crippen LogP contribution in [0.25, 0.3) is 0 Å². The summed E-state index contributed by atoms with van der Waals surface area (Å²) in [6.45, 7) is 11.3. The number of hydrogen-bond acceptors (Lipinski definition) is 3. The Morgan fingerprint density at radius 3 is 2.28 bits per heavy atom. The van der Waals surface area contributed by atoms with Gasteiger partial charge in [-0.15, -0.1) is 0 Å². The number of ether oxygens (including phenoxy) is 1. The van der Waals surface area contributed by atoms with Gasteiger partial charge >= 0.3 is 5.97 Å². The quantitative estimate of drug-likeness (QED) is 0.557. The molecule has 0 heterocycles. The molecule has 0 aromatic rings. The maximum Gasteiger partial charge on any atom is 0.310 e. The second-order valence-electron chi connectivity index (χ2n) is 5.91. The van der Waals surface area contributed by atoms with Crippen molar-refractivity contribution in [3.05, 3.63) is 11.6 Å². The monoisotopic (exact) mass is 252 g/mol. The first kappa shape index (κ1) is 14.9. The molecule has 0 bridgehead atoms. The van der Waals surface area contributed by atoms with Gasteiger partial charge in [0.1, 0.15) is 0 Å². The van der Waals surface area contributed by atoms with Gasteiger partial charge in [0, 0.05) is 0 Å². The van der Waals surface area contributed by atoms with Crippen LogP contribution >= 0.6 is 0 Å². The molecule has 1 saturated carbocycles. The third-order valence-electron chi connectivity index (χ3n) is 3.73. The van der Waals surface area contributed by atoms with Gasteiger partial charge in [0.25, 0.3) is 0 Å². The third kappa shape index (κ3) is 3.01. The minimum absolute atomic E-state index is 0.0861. The number of allylic oxidation sites excluding steroid dienone is 2. The first-order chi connectivity index (χ1) is 8.21. The highest BCUT2D eigenvalue weighted by molar-refractivity contribution is 5.93. The lowest BCUT2D eigenvalue weighted by Crippen LogP contribution is -2.15. The van der Waals surface area contributed by atoms with Crippen molar-refractivity contribution in [1.29, 1.82) is 0 Å². The van der Waals surface area contributed by atoms with E-state index in [-0.39, 0.29) is 35.1 Å². The van der Waals surface area contributed by atoms with Gasteiger partial charge in [-0.1, -0.05) is 26.8 Å². The molecule has 102 valence electrons. The van der Waals surface area contributed by atoms with Crippen LogP contribution < -0.4 is 0 Å². The van der Waals surface area contributed by atoms with Gasteiger partial charge in [-0.2, -0.15) is 0 Å². The highest BCUT2D eigenvalue weighted by Crippen LogP contribution is 2.60. The maximum atomic E-state index is 11.9. The van der Waals surface area contributed by atoms with Gasteiger partial charge in [0.2, 0.25) is 0 Å². The normalized spacial score (nSPS) is 26.1. The zero-order chi connectivity index (χ0) is 14.1. The van der Waals surface area contributed by atoms with Crippen molar-refractivity contribution < 1.29 is 14.3 Å². The Balaban J connectivity index is 2.81. The fraction of sp³-hybridized carbons (Fsp3) is 0.733. The molecule has 0 aliphatic heterocycles. The minimum atomic E-state index is -0.143. The average Bonchev–Trinajstić information content (AvgIpc) is 2.75. The van der Waals surface area contributed by atoms with Crippen molar-refractivity contribution in [3.8, 4) is 0 Å². The summed E-state index contributed by atoms with van der Waals surface area (Å²) >= 11 is 0. The van der Waals surface area contributed by atoms with E-state index in [1.165, 1.54) is 0 Å². The number of rotatable bonds is 5. The molecule has 3 heteroatoms. The smallest absolute Gasteiger partial charge is 0.310 e. The summed E-state index contributed by atoms with van der Waals surface area (Å²) in [5.41, 5.74) is 0.717. The number of carbonyl (C=O) groups is 2. The van der Waals surface area contributed by atoms with E-state index < -0.39 is 0 Å². The van der Waals surface area contributed by atoms with Crippen LogP contribution in [-0.2, 0) is 14.3 Å². The second-order valence-corrected chi connectivity index (χ2v) is 5.91. The van der Waals surface area contributed by atoms with E-state index in [0.717, 1.165) is 5.57 Å². The van der Waals surface area contributed by atoms with Crippen molar-refractivity contribution in [2.75, 3.05) is 0 Å². The van der Waals surface area contributed by atoms with E-state index in [9.17, 15) is 9.59 Å². The minimum Gasteiger partial charge on any atom is -0.463 e. The standard InChI is InChI=1S/C15H24O3/c1-7-11(10(4)16)8-12-13(15(12,5)6)14(17)18-9(2)3/h8-9,12-13H,7H2,1-6H3/b11-8-. The molecule has 2 atom stereocenters. The molecule has 0 aromatic carbocycles. The van der Waals surface area contributed by atoms with E-state index in [4.69, 9.17) is 4.74 Å². The van der Waals surface area contributed by atoms with Gasteiger partial charge in [0.15, 0.2) is 5.78 Å². The van der Waals surface area contributed by atoms with Gasteiger partial charge < -0.3 is 4.74 Å². The number of carbonyl (C=O) groups excluding carboxylic acids is 2. The summed E-state index contributed by atoms with van der Waals surface area (Å²) in [5, 5.41) is 0. The largest absolute Gasteiger partial charge is 0.463 e. The van der Waals surface area contributed by atoms with Crippen LogP contribution in [0.2, 0.25) is 0 Å². The van der Waals surface area contributed by atoms with Crippen molar-refractivity contribution in [2.24, 2.45) is 17.3 Å². The first-order valence-corrected chi connectivity index (χ1v) is 6.63. The molecule has 0 N–H and O–H groups in total. The third-order valence-corrected chi connectivity index (χ3v) is 3.73. The summed E-state index contributed by atoms with van der Waals surface area (Å²) in [6.07, 6.45) is 2.60. The highest BCUT2D eigenvalue weighted by atomic mass is 16.5. The average molecular weight is 252 g/mol. The SMILES string of the molecule is CC/C(=C/C1C(C(=O)OC(C)C)C1(C)C)C(C)=O. The van der Waals surface area contributed by atoms with Gasteiger partial charge in [-0.3, -0.25) is 9.59 Å². The Kier molecular flexibility index (Phi) is 4.36. The van der Waals surface area contributed by atoms with E-state index >= 15 is 0 Å². The zero-order valence-electron chi connectivity index (χ0n) is 12.2. The molecule has 0 saturated heterocycles. The van der Waals surface area contributed by atoms with E-state index in [2.05, 4.69) is 0 Å². The number of Topliss-reactive ketones (excluding diaryl/α,β-unsaturated/α-hetero) is 1. The van der Waals surface area contributed by atoms with Crippen molar-refractivity contribution in [2.45, 2.75) is 54.1 Å². The number of esters is 1. The van der Waals surface area contributed by atoms with Gasteiger partial charge in [-0.25, -0.2) is 0 Å². The number of hydrogen-bond donors (Lipinski definition) is 0. The summed E-state index contributed by atoms with van der Waals surface area (Å²) in [7, 11) is 0. The molecule has 0 amide bonds.